The third-order valence-corrected chi connectivity index (χ3v) is 7.19. The number of hydrogen-bond donors (Lipinski definition) is 2. The molecule has 1 aliphatic carbocycles. The second kappa shape index (κ2) is 9.84. The van der Waals surface area contributed by atoms with E-state index in [-0.39, 0.29) is 17.8 Å². The number of amides is 2. The molecule has 0 bridgehead atoms. The van der Waals surface area contributed by atoms with Crippen molar-refractivity contribution in [3.63, 3.8) is 0 Å². The molecular weight excluding hydrogens is 452 g/mol. The van der Waals surface area contributed by atoms with E-state index < -0.39 is 11.9 Å². The number of nitrogens with zero attached hydrogens (tertiary/aromatic N) is 4. The Bertz CT molecular complexity index is 1180. The van der Waals surface area contributed by atoms with Gasteiger partial charge in [0, 0.05) is 36.4 Å². The second-order valence-electron chi connectivity index (χ2n) is 8.52. The molecule has 34 heavy (non-hydrogen) atoms. The molecule has 1 aromatic carbocycles. The van der Waals surface area contributed by atoms with Crippen LogP contribution in [0.1, 0.15) is 47.7 Å². The molecule has 1 saturated carbocycles. The molecule has 176 valence electrons. The molecular formula is C24H26N6O3S. The van der Waals surface area contributed by atoms with Crippen molar-refractivity contribution < 1.29 is 14.3 Å². The summed E-state index contributed by atoms with van der Waals surface area (Å²) in [5.74, 6) is 0.814. The highest BCUT2D eigenvalue weighted by molar-refractivity contribution is 7.99. The van der Waals surface area contributed by atoms with E-state index in [9.17, 15) is 9.59 Å². The zero-order valence-electron chi connectivity index (χ0n) is 18.9. The van der Waals surface area contributed by atoms with Crippen LogP contribution in [0.3, 0.4) is 0 Å². The molecule has 10 heteroatoms. The molecule has 9 nitrogen and oxygen atoms in total. The molecule has 2 amide bonds. The van der Waals surface area contributed by atoms with E-state index in [4.69, 9.17) is 4.74 Å². The average molecular weight is 479 g/mol. The Labute approximate surface area is 201 Å². The highest BCUT2D eigenvalue weighted by Gasteiger charge is 2.31. The molecule has 0 unspecified atom stereocenters. The van der Waals surface area contributed by atoms with Gasteiger partial charge >= 0.3 is 0 Å². The predicted molar refractivity (Wildman–Crippen MR) is 128 cm³/mol. The number of nitrogens with one attached hydrogen (secondary N) is 2. The lowest BCUT2D eigenvalue weighted by Gasteiger charge is -2.22. The van der Waals surface area contributed by atoms with Gasteiger partial charge in [0.1, 0.15) is 18.0 Å². The van der Waals surface area contributed by atoms with Crippen LogP contribution in [0.25, 0.3) is 0 Å². The first-order valence-electron chi connectivity index (χ1n) is 11.4. The topological polar surface area (TPSA) is 113 Å². The summed E-state index contributed by atoms with van der Waals surface area (Å²) in [6, 6.07) is 10.9. The van der Waals surface area contributed by atoms with E-state index in [0.717, 1.165) is 29.0 Å². The second-order valence-corrected chi connectivity index (χ2v) is 9.58. The highest BCUT2D eigenvalue weighted by Crippen LogP contribution is 2.36. The first kappa shape index (κ1) is 22.4. The van der Waals surface area contributed by atoms with Crippen molar-refractivity contribution in [2.24, 2.45) is 0 Å². The van der Waals surface area contributed by atoms with Crippen LogP contribution in [0.4, 0.5) is 5.69 Å². The first-order chi connectivity index (χ1) is 16.6. The summed E-state index contributed by atoms with van der Waals surface area (Å²) in [4.78, 5) is 37.1. The van der Waals surface area contributed by atoms with E-state index >= 15 is 0 Å². The van der Waals surface area contributed by atoms with Crippen LogP contribution in [0, 0.1) is 0 Å². The van der Waals surface area contributed by atoms with Crippen molar-refractivity contribution in [3.05, 3.63) is 59.8 Å². The molecule has 2 N–H and O–H groups in total. The van der Waals surface area contributed by atoms with Crippen LogP contribution in [0.2, 0.25) is 0 Å². The Kier molecular flexibility index (Phi) is 6.48. The van der Waals surface area contributed by atoms with Gasteiger partial charge in [-0.15, -0.1) is 16.9 Å². The Morgan fingerprint density at radius 2 is 2.06 bits per heavy atom. The van der Waals surface area contributed by atoms with Crippen LogP contribution in [-0.4, -0.2) is 56.9 Å². The number of carbonyl (C=O) groups is 2. The van der Waals surface area contributed by atoms with Crippen molar-refractivity contribution in [2.45, 2.75) is 49.1 Å². The fraction of sp³-hybridized carbons (Fsp3) is 0.375. The molecule has 0 saturated heterocycles. The van der Waals surface area contributed by atoms with E-state index in [1.807, 2.05) is 36.4 Å². The van der Waals surface area contributed by atoms with Crippen molar-refractivity contribution in [1.29, 1.82) is 0 Å². The third kappa shape index (κ3) is 4.91. The van der Waals surface area contributed by atoms with E-state index in [0.29, 0.717) is 23.9 Å². The fourth-order valence-electron chi connectivity index (χ4n) is 4.22. The normalized spacial score (nSPS) is 18.4. The lowest BCUT2D eigenvalue weighted by atomic mass is 10.1. The molecule has 2 aliphatic rings. The minimum Gasteiger partial charge on any atom is -0.474 e. The summed E-state index contributed by atoms with van der Waals surface area (Å²) in [6.07, 6.45) is 6.87. The Morgan fingerprint density at radius 3 is 2.85 bits per heavy atom. The summed E-state index contributed by atoms with van der Waals surface area (Å²) < 4.78 is 6.01. The summed E-state index contributed by atoms with van der Waals surface area (Å²) in [5, 5.41) is 9.64. The number of fused-ring (bicyclic) bond motifs is 1. The molecule has 0 radical (unpaired) electrons. The number of aromatic nitrogens is 4. The smallest absolute Gasteiger partial charge is 0.291 e. The van der Waals surface area contributed by atoms with Crippen molar-refractivity contribution >= 4 is 29.3 Å². The molecule has 2 aromatic heterocycles. The van der Waals surface area contributed by atoms with Gasteiger partial charge in [0.2, 0.25) is 17.6 Å². The number of thioether (sulfide) groups is 1. The maximum absolute atomic E-state index is 13.2. The molecule has 0 spiro atoms. The van der Waals surface area contributed by atoms with Crippen LogP contribution in [0.5, 0.6) is 5.88 Å². The van der Waals surface area contributed by atoms with Gasteiger partial charge in [0.25, 0.3) is 5.91 Å². The standard InChI is InChI=1S/C24H26N6O3S/c1-30-18-12-21(33-16-9-5-6-10-16)25-13-19(18)34-14-17(24(30)32)26-23(31)22-27-20(28-29-22)11-15-7-3-2-4-8-15/h2-4,7-8,12-13,16-17H,5-6,9-11,14H2,1H3,(H,26,31)(H,27,28,29)/t17-/m0/s1. The van der Waals surface area contributed by atoms with Gasteiger partial charge in [-0.1, -0.05) is 30.3 Å². The fourth-order valence-corrected chi connectivity index (χ4v) is 5.26. The Hall–Kier alpha value is -3.40. The minimum absolute atomic E-state index is 0.0158. The van der Waals surface area contributed by atoms with Crippen LogP contribution >= 0.6 is 11.8 Å². The number of anilines is 1. The monoisotopic (exact) mass is 478 g/mol. The summed E-state index contributed by atoms with van der Waals surface area (Å²) in [7, 11) is 1.70. The van der Waals surface area contributed by atoms with Gasteiger partial charge in [-0.2, -0.15) is 0 Å². The number of carbonyl (C=O) groups excluding carboxylic acids is 2. The first-order valence-corrected chi connectivity index (χ1v) is 12.4. The average Bonchev–Trinajstić information content (AvgIpc) is 3.52. The number of pyridine rings is 1. The molecule has 5 rings (SSSR count). The van der Waals surface area contributed by atoms with Crippen molar-refractivity contribution in [1.82, 2.24) is 25.5 Å². The zero-order valence-corrected chi connectivity index (χ0v) is 19.7. The van der Waals surface area contributed by atoms with Gasteiger partial charge in [0.05, 0.1) is 5.69 Å². The maximum Gasteiger partial charge on any atom is 0.291 e. The number of aromatic amines is 1. The van der Waals surface area contributed by atoms with E-state index in [1.54, 1.807) is 18.1 Å². The molecule has 1 fully saturated rings. The van der Waals surface area contributed by atoms with E-state index in [2.05, 4.69) is 25.5 Å². The predicted octanol–water partition coefficient (Wildman–Crippen LogP) is 2.98. The molecule has 3 aromatic rings. The number of hydrogen-bond acceptors (Lipinski definition) is 7. The van der Waals surface area contributed by atoms with E-state index in [1.165, 1.54) is 24.6 Å². The van der Waals surface area contributed by atoms with Crippen LogP contribution in [0.15, 0.2) is 47.5 Å². The number of rotatable bonds is 6. The minimum atomic E-state index is -0.717. The van der Waals surface area contributed by atoms with Crippen LogP contribution < -0.4 is 15.0 Å². The van der Waals surface area contributed by atoms with Crippen molar-refractivity contribution in [2.75, 3.05) is 17.7 Å². The van der Waals surface area contributed by atoms with Crippen molar-refractivity contribution in [3.8, 4) is 5.88 Å². The highest BCUT2D eigenvalue weighted by atomic mass is 32.2. The maximum atomic E-state index is 13.2. The van der Waals surface area contributed by atoms with Gasteiger partial charge in [-0.05, 0) is 31.2 Å². The number of H-pyrrole nitrogens is 1. The Balaban J connectivity index is 1.25. The van der Waals surface area contributed by atoms with Crippen LogP contribution in [-0.2, 0) is 11.2 Å². The Morgan fingerprint density at radius 1 is 1.26 bits per heavy atom. The lowest BCUT2D eigenvalue weighted by molar-refractivity contribution is -0.119. The SMILES string of the molecule is CN1C(=O)[C@@H](NC(=O)c2n[nH]c(Cc3ccccc3)n2)CSc2cnc(OC3CCCC3)cc21. The quantitative estimate of drug-likeness (QED) is 0.560. The summed E-state index contributed by atoms with van der Waals surface area (Å²) in [5.41, 5.74) is 1.79. The summed E-state index contributed by atoms with van der Waals surface area (Å²) in [6.45, 7) is 0. The summed E-state index contributed by atoms with van der Waals surface area (Å²) >= 11 is 1.48. The van der Waals surface area contributed by atoms with Gasteiger partial charge in [0.15, 0.2) is 0 Å². The molecule has 1 aliphatic heterocycles. The lowest BCUT2D eigenvalue weighted by Crippen LogP contribution is -2.48. The third-order valence-electron chi connectivity index (χ3n) is 6.06. The van der Waals surface area contributed by atoms with Gasteiger partial charge in [-0.25, -0.2) is 9.97 Å². The largest absolute Gasteiger partial charge is 0.474 e. The number of ether oxygens (including phenoxy) is 1. The zero-order chi connectivity index (χ0) is 23.5. The van der Waals surface area contributed by atoms with Gasteiger partial charge in [-0.3, -0.25) is 14.7 Å². The number of benzene rings is 1. The molecule has 3 heterocycles. The number of likely N-dealkylation sites (N-methyl/N-ethyl adjacent to an activating group) is 1. The van der Waals surface area contributed by atoms with Gasteiger partial charge < -0.3 is 15.0 Å². The molecule has 1 atom stereocenters.